The number of halogens is 3. The van der Waals surface area contributed by atoms with Crippen LogP contribution in [0.4, 0.5) is 13.2 Å². The number of aromatic nitrogens is 2. The van der Waals surface area contributed by atoms with Gasteiger partial charge in [-0.25, -0.2) is 4.98 Å². The lowest BCUT2D eigenvalue weighted by atomic mass is 9.91. The molecule has 1 unspecified atom stereocenters. The molecule has 0 saturated carbocycles. The van der Waals surface area contributed by atoms with E-state index < -0.39 is 17.4 Å². The summed E-state index contributed by atoms with van der Waals surface area (Å²) < 4.78 is 39.1. The van der Waals surface area contributed by atoms with Crippen LogP contribution in [0.15, 0.2) is 6.20 Å². The van der Waals surface area contributed by atoms with Crippen LogP contribution in [-0.2, 0) is 16.5 Å². The van der Waals surface area contributed by atoms with Gasteiger partial charge in [0.25, 0.3) is 0 Å². The molecule has 0 radical (unpaired) electrons. The van der Waals surface area contributed by atoms with Crippen molar-refractivity contribution in [3.63, 3.8) is 0 Å². The lowest BCUT2D eigenvalue weighted by molar-refractivity contribution is -0.141. The van der Waals surface area contributed by atoms with Crippen LogP contribution in [0, 0.1) is 6.92 Å². The van der Waals surface area contributed by atoms with Crippen molar-refractivity contribution in [2.75, 3.05) is 0 Å². The molecule has 3 nitrogen and oxygen atoms in total. The highest BCUT2D eigenvalue weighted by atomic mass is 19.4. The third-order valence-corrected chi connectivity index (χ3v) is 3.31. The van der Waals surface area contributed by atoms with Gasteiger partial charge in [0, 0.05) is 12.6 Å². The predicted molar refractivity (Wildman–Crippen MR) is 61.2 cm³/mol. The molecule has 0 amide bonds. The van der Waals surface area contributed by atoms with Gasteiger partial charge in [-0.2, -0.15) is 13.2 Å². The Labute approximate surface area is 104 Å². The van der Waals surface area contributed by atoms with Gasteiger partial charge >= 0.3 is 6.18 Å². The first kappa shape index (κ1) is 14.7. The molecule has 18 heavy (non-hydrogen) atoms. The maximum absolute atomic E-state index is 12.6. The summed E-state index contributed by atoms with van der Waals surface area (Å²) in [5, 5.41) is 0. The fourth-order valence-electron chi connectivity index (χ4n) is 1.99. The minimum absolute atomic E-state index is 0.0979. The Morgan fingerprint density at radius 3 is 2.28 bits per heavy atom. The first-order valence-electron chi connectivity index (χ1n) is 5.83. The van der Waals surface area contributed by atoms with Crippen molar-refractivity contribution in [1.29, 1.82) is 0 Å². The Kier molecular flexibility index (Phi) is 3.88. The zero-order valence-corrected chi connectivity index (χ0v) is 10.9. The third kappa shape index (κ3) is 2.42. The van der Waals surface area contributed by atoms with E-state index in [0.29, 0.717) is 6.42 Å². The summed E-state index contributed by atoms with van der Waals surface area (Å²) >= 11 is 0. The Hall–Kier alpha value is -1.33. The molecule has 1 aromatic heterocycles. The van der Waals surface area contributed by atoms with Crippen LogP contribution < -0.4 is 0 Å². The molecule has 102 valence electrons. The van der Waals surface area contributed by atoms with Crippen LogP contribution in [-0.4, -0.2) is 15.3 Å². The van der Waals surface area contributed by atoms with E-state index >= 15 is 0 Å². The third-order valence-electron chi connectivity index (χ3n) is 3.31. The van der Waals surface area contributed by atoms with E-state index in [1.54, 1.807) is 20.8 Å². The second kappa shape index (κ2) is 4.74. The second-order valence-corrected chi connectivity index (χ2v) is 4.45. The van der Waals surface area contributed by atoms with Gasteiger partial charge in [-0.1, -0.05) is 13.8 Å². The highest BCUT2D eigenvalue weighted by molar-refractivity contribution is 5.86. The molecular weight excluding hydrogens is 245 g/mol. The maximum atomic E-state index is 12.6. The van der Waals surface area contributed by atoms with Gasteiger partial charge in [-0.3, -0.25) is 4.79 Å². The van der Waals surface area contributed by atoms with E-state index in [4.69, 9.17) is 0 Å². The molecule has 0 spiro atoms. The number of Topliss-reactive ketones (excluding diaryl/α,β-unsaturated/α-hetero) is 1. The number of rotatable bonds is 4. The number of hydrogen-bond acceptors (Lipinski definition) is 2. The lowest BCUT2D eigenvalue weighted by Crippen LogP contribution is -2.38. The molecule has 0 aliphatic rings. The first-order valence-corrected chi connectivity index (χ1v) is 5.83. The number of ketones is 1. The summed E-state index contributed by atoms with van der Waals surface area (Å²) in [7, 11) is 0. The number of carbonyl (C=O) groups excluding carboxylic acids is 1. The minimum Gasteiger partial charge on any atom is -0.322 e. The molecule has 6 heteroatoms. The minimum atomic E-state index is -4.49. The van der Waals surface area contributed by atoms with E-state index in [1.807, 2.05) is 0 Å². The normalized spacial score (nSPS) is 15.5. The van der Waals surface area contributed by atoms with Crippen molar-refractivity contribution >= 4 is 5.78 Å². The van der Waals surface area contributed by atoms with Crippen molar-refractivity contribution in [2.45, 2.75) is 52.3 Å². The average molecular weight is 262 g/mol. The summed E-state index contributed by atoms with van der Waals surface area (Å²) in [5.74, 6) is 0.104. The fraction of sp³-hybridized carbons (Fsp3) is 0.667. The van der Waals surface area contributed by atoms with Crippen LogP contribution in [0.2, 0.25) is 0 Å². The standard InChI is InChI=1S/C12H17F3N2O/c1-5-10(18)11(4,6-2)17-7-9(12(13,14)15)16-8(17)3/h7H,5-6H2,1-4H3. The number of aryl methyl sites for hydroxylation is 1. The van der Waals surface area contributed by atoms with Crippen LogP contribution in [0.3, 0.4) is 0 Å². The van der Waals surface area contributed by atoms with E-state index in [2.05, 4.69) is 4.98 Å². The van der Waals surface area contributed by atoms with Crippen LogP contribution in [0.25, 0.3) is 0 Å². The van der Waals surface area contributed by atoms with Crippen LogP contribution in [0.5, 0.6) is 0 Å². The quantitative estimate of drug-likeness (QED) is 0.834. The van der Waals surface area contributed by atoms with Gasteiger partial charge in [0.05, 0.1) is 0 Å². The van der Waals surface area contributed by atoms with Gasteiger partial charge in [-0.05, 0) is 20.3 Å². The maximum Gasteiger partial charge on any atom is 0.434 e. The zero-order valence-electron chi connectivity index (χ0n) is 10.9. The lowest BCUT2D eigenvalue weighted by Gasteiger charge is -2.29. The molecule has 0 bridgehead atoms. The summed E-state index contributed by atoms with van der Waals surface area (Å²) in [6.45, 7) is 6.60. The predicted octanol–water partition coefficient (Wildman–Crippen LogP) is 3.31. The molecule has 0 aliphatic heterocycles. The number of carbonyl (C=O) groups is 1. The Bertz CT molecular complexity index is 451. The second-order valence-electron chi connectivity index (χ2n) is 4.45. The summed E-state index contributed by atoms with van der Waals surface area (Å²) in [5.41, 5.74) is -1.92. The van der Waals surface area contributed by atoms with Gasteiger partial charge in [-0.15, -0.1) is 0 Å². The number of hydrogen-bond donors (Lipinski definition) is 0. The number of alkyl halides is 3. The van der Waals surface area contributed by atoms with Crippen molar-refractivity contribution in [3.05, 3.63) is 17.7 Å². The van der Waals surface area contributed by atoms with Gasteiger partial charge in [0.1, 0.15) is 11.4 Å². The molecule has 0 aromatic carbocycles. The molecule has 1 heterocycles. The smallest absolute Gasteiger partial charge is 0.322 e. The Balaban J connectivity index is 3.32. The zero-order chi connectivity index (χ0) is 14.1. The molecule has 0 saturated heterocycles. The highest BCUT2D eigenvalue weighted by Crippen LogP contribution is 2.32. The summed E-state index contributed by atoms with van der Waals surface area (Å²) in [6.07, 6.45) is -2.86. The Morgan fingerprint density at radius 2 is 1.94 bits per heavy atom. The summed E-state index contributed by atoms with van der Waals surface area (Å²) in [4.78, 5) is 15.4. The van der Waals surface area contributed by atoms with Crippen molar-refractivity contribution in [3.8, 4) is 0 Å². The monoisotopic (exact) mass is 262 g/mol. The molecule has 1 rings (SSSR count). The van der Waals surface area contributed by atoms with Gasteiger partial charge in [0.15, 0.2) is 11.5 Å². The van der Waals surface area contributed by atoms with Gasteiger partial charge < -0.3 is 4.57 Å². The fourth-order valence-corrected chi connectivity index (χ4v) is 1.99. The van der Waals surface area contributed by atoms with Crippen LogP contribution in [0.1, 0.15) is 45.1 Å². The SMILES string of the molecule is CCC(=O)C(C)(CC)n1cc(C(F)(F)F)nc1C. The van der Waals surface area contributed by atoms with E-state index in [9.17, 15) is 18.0 Å². The topological polar surface area (TPSA) is 34.9 Å². The van der Waals surface area contributed by atoms with E-state index in [-0.39, 0.29) is 18.0 Å². The number of nitrogens with zero attached hydrogens (tertiary/aromatic N) is 2. The summed E-state index contributed by atoms with van der Waals surface area (Å²) in [6, 6.07) is 0. The van der Waals surface area contributed by atoms with Crippen LogP contribution >= 0.6 is 0 Å². The molecular formula is C12H17F3N2O. The van der Waals surface area contributed by atoms with E-state index in [0.717, 1.165) is 6.20 Å². The molecule has 1 atom stereocenters. The average Bonchev–Trinajstić information content (AvgIpc) is 2.69. The van der Waals surface area contributed by atoms with Crippen molar-refractivity contribution < 1.29 is 18.0 Å². The molecule has 0 N–H and O–H groups in total. The first-order chi connectivity index (χ1) is 8.16. The van der Waals surface area contributed by atoms with Crippen molar-refractivity contribution in [2.24, 2.45) is 0 Å². The molecule has 0 aliphatic carbocycles. The molecule has 1 aromatic rings. The van der Waals surface area contributed by atoms with Gasteiger partial charge in [0.2, 0.25) is 0 Å². The highest BCUT2D eigenvalue weighted by Gasteiger charge is 2.39. The number of imidazole rings is 1. The van der Waals surface area contributed by atoms with Crippen molar-refractivity contribution in [1.82, 2.24) is 9.55 Å². The Morgan fingerprint density at radius 1 is 1.39 bits per heavy atom. The van der Waals surface area contributed by atoms with E-state index in [1.165, 1.54) is 11.5 Å². The largest absolute Gasteiger partial charge is 0.434 e. The molecule has 0 fully saturated rings.